The van der Waals surface area contributed by atoms with Crippen molar-refractivity contribution in [3.8, 4) is 5.75 Å². The first kappa shape index (κ1) is 16.8. The zero-order valence-corrected chi connectivity index (χ0v) is 14.4. The molecule has 0 spiro atoms. The third-order valence-corrected chi connectivity index (χ3v) is 4.79. The number of imide groups is 1. The van der Waals surface area contributed by atoms with E-state index in [1.165, 1.54) is 12.3 Å². The van der Waals surface area contributed by atoms with E-state index in [0.717, 1.165) is 23.8 Å². The van der Waals surface area contributed by atoms with E-state index < -0.39 is 17.6 Å². The number of carbonyl (C=O) groups excluding carboxylic acids is 2. The van der Waals surface area contributed by atoms with E-state index in [1.807, 2.05) is 0 Å². The number of hydrogen-bond donors (Lipinski definition) is 0. The summed E-state index contributed by atoms with van der Waals surface area (Å²) < 4.78 is 24.7. The maximum Gasteiger partial charge on any atom is 0.261 e. The molecule has 1 aliphatic heterocycles. The molecule has 0 unspecified atom stereocenters. The molecule has 26 heavy (non-hydrogen) atoms. The molecule has 2 aliphatic rings. The predicted molar refractivity (Wildman–Crippen MR) is 90.2 cm³/mol. The number of carbonyl (C=O) groups is 2. The Labute approximate surface area is 153 Å². The Morgan fingerprint density at radius 1 is 1.19 bits per heavy atom. The van der Waals surface area contributed by atoms with Crippen molar-refractivity contribution in [2.45, 2.75) is 32.3 Å². The van der Waals surface area contributed by atoms with Crippen LogP contribution in [0.25, 0.3) is 0 Å². The Kier molecular flexibility index (Phi) is 4.24. The van der Waals surface area contributed by atoms with E-state index in [2.05, 4.69) is 5.16 Å². The topological polar surface area (TPSA) is 72.6 Å². The largest absolute Gasteiger partial charge is 0.486 e. The van der Waals surface area contributed by atoms with Crippen molar-refractivity contribution in [1.82, 2.24) is 5.16 Å². The van der Waals surface area contributed by atoms with E-state index in [1.54, 1.807) is 6.07 Å². The Bertz CT molecular complexity index is 896. The maximum atomic E-state index is 14.5. The summed E-state index contributed by atoms with van der Waals surface area (Å²) in [7, 11) is 0. The second kappa shape index (κ2) is 6.57. The van der Waals surface area contributed by atoms with Gasteiger partial charge in [-0.3, -0.25) is 9.59 Å². The fraction of sp³-hybridized carbons (Fsp3) is 0.278. The molecule has 1 aliphatic carbocycles. The second-order valence-electron chi connectivity index (χ2n) is 6.12. The number of rotatable bonds is 4. The van der Waals surface area contributed by atoms with Gasteiger partial charge in [0.25, 0.3) is 11.8 Å². The molecular weight excluding hydrogens is 363 g/mol. The minimum Gasteiger partial charge on any atom is -0.486 e. The number of amides is 2. The van der Waals surface area contributed by atoms with Crippen LogP contribution >= 0.6 is 11.6 Å². The van der Waals surface area contributed by atoms with Crippen LogP contribution in [0, 0.1) is 5.82 Å². The smallest absolute Gasteiger partial charge is 0.261 e. The van der Waals surface area contributed by atoms with Crippen LogP contribution in [0.3, 0.4) is 0 Å². The molecule has 2 amide bonds. The lowest BCUT2D eigenvalue weighted by molar-refractivity contribution is -0.120. The van der Waals surface area contributed by atoms with Crippen LogP contribution < -0.4 is 9.64 Å². The van der Waals surface area contributed by atoms with Crippen LogP contribution in [0.5, 0.6) is 5.75 Å². The van der Waals surface area contributed by atoms with Gasteiger partial charge in [0.2, 0.25) is 0 Å². The zero-order valence-electron chi connectivity index (χ0n) is 13.6. The second-order valence-corrected chi connectivity index (χ2v) is 6.53. The number of benzene rings is 1. The summed E-state index contributed by atoms with van der Waals surface area (Å²) in [5.41, 5.74) is 1.34. The van der Waals surface area contributed by atoms with Crippen molar-refractivity contribution in [2.24, 2.45) is 0 Å². The van der Waals surface area contributed by atoms with Gasteiger partial charge in [0.1, 0.15) is 30.1 Å². The summed E-state index contributed by atoms with van der Waals surface area (Å²) in [4.78, 5) is 26.1. The molecule has 0 saturated heterocycles. The molecule has 0 saturated carbocycles. The van der Waals surface area contributed by atoms with Gasteiger partial charge in [-0.1, -0.05) is 16.8 Å². The van der Waals surface area contributed by atoms with Crippen molar-refractivity contribution in [2.75, 3.05) is 4.90 Å². The number of aromatic nitrogens is 1. The highest BCUT2D eigenvalue weighted by Gasteiger charge is 2.41. The van der Waals surface area contributed by atoms with Gasteiger partial charge in [0.15, 0.2) is 0 Å². The highest BCUT2D eigenvalue weighted by molar-refractivity contribution is 6.34. The van der Waals surface area contributed by atoms with Crippen molar-refractivity contribution in [1.29, 1.82) is 0 Å². The molecule has 0 atom stereocenters. The van der Waals surface area contributed by atoms with E-state index in [4.69, 9.17) is 20.9 Å². The SMILES string of the molecule is O=C1C2=C(CCCC2)C(=O)N1c1cc(OCc2ccon2)c(Cl)cc1F. The zero-order chi connectivity index (χ0) is 18.3. The first-order valence-electron chi connectivity index (χ1n) is 8.18. The first-order valence-corrected chi connectivity index (χ1v) is 8.56. The lowest BCUT2D eigenvalue weighted by atomic mass is 9.93. The number of nitrogens with zero attached hydrogens (tertiary/aromatic N) is 2. The van der Waals surface area contributed by atoms with Crippen LogP contribution in [0.2, 0.25) is 5.02 Å². The van der Waals surface area contributed by atoms with Gasteiger partial charge in [-0.2, -0.15) is 0 Å². The van der Waals surface area contributed by atoms with E-state index in [9.17, 15) is 14.0 Å². The molecule has 134 valence electrons. The summed E-state index contributed by atoms with van der Waals surface area (Å²) in [5, 5.41) is 3.74. The van der Waals surface area contributed by atoms with Crippen molar-refractivity contribution in [3.05, 3.63) is 52.1 Å². The highest BCUT2D eigenvalue weighted by atomic mass is 35.5. The predicted octanol–water partition coefficient (Wildman–Crippen LogP) is 3.79. The van der Waals surface area contributed by atoms with Gasteiger partial charge < -0.3 is 9.26 Å². The molecule has 1 aromatic heterocycles. The summed E-state index contributed by atoms with van der Waals surface area (Å²) in [6.45, 7) is 0.0535. The Morgan fingerprint density at radius 3 is 2.50 bits per heavy atom. The lowest BCUT2D eigenvalue weighted by Gasteiger charge is -2.18. The summed E-state index contributed by atoms with van der Waals surface area (Å²) in [5.74, 6) is -1.54. The third kappa shape index (κ3) is 2.78. The van der Waals surface area contributed by atoms with Gasteiger partial charge in [-0.05, 0) is 31.7 Å². The molecule has 6 nitrogen and oxygen atoms in total. The Morgan fingerprint density at radius 2 is 1.88 bits per heavy atom. The highest BCUT2D eigenvalue weighted by Crippen LogP contribution is 2.39. The molecule has 4 rings (SSSR count). The van der Waals surface area contributed by atoms with E-state index >= 15 is 0 Å². The fourth-order valence-corrected chi connectivity index (χ4v) is 3.43. The van der Waals surface area contributed by atoms with Crippen molar-refractivity contribution < 1.29 is 23.2 Å². The molecule has 0 N–H and O–H groups in total. The van der Waals surface area contributed by atoms with Gasteiger partial charge in [0.05, 0.1) is 10.7 Å². The minimum atomic E-state index is -0.759. The number of hydrogen-bond acceptors (Lipinski definition) is 5. The quantitative estimate of drug-likeness (QED) is 0.759. The average Bonchev–Trinajstić information content (AvgIpc) is 3.23. The van der Waals surface area contributed by atoms with E-state index in [-0.39, 0.29) is 23.1 Å². The number of ether oxygens (including phenoxy) is 1. The summed E-state index contributed by atoms with van der Waals surface area (Å²) in [6.07, 6.45) is 4.18. The van der Waals surface area contributed by atoms with E-state index in [0.29, 0.717) is 29.7 Å². The molecular formula is C18H14ClFN2O4. The molecule has 1 aromatic carbocycles. The Hall–Kier alpha value is -2.67. The molecule has 2 heterocycles. The van der Waals surface area contributed by atoms with Crippen LogP contribution in [0.15, 0.2) is 40.1 Å². The van der Waals surface area contributed by atoms with Gasteiger partial charge in [-0.25, -0.2) is 9.29 Å². The lowest BCUT2D eigenvalue weighted by Crippen LogP contribution is -2.32. The van der Waals surface area contributed by atoms with Crippen LogP contribution in [-0.4, -0.2) is 17.0 Å². The van der Waals surface area contributed by atoms with Crippen molar-refractivity contribution >= 4 is 29.1 Å². The van der Waals surface area contributed by atoms with Crippen molar-refractivity contribution in [3.63, 3.8) is 0 Å². The summed E-state index contributed by atoms with van der Waals surface area (Å²) in [6, 6.07) is 3.92. The normalized spacial score (nSPS) is 17.1. The van der Waals surface area contributed by atoms with Gasteiger partial charge in [0, 0.05) is 23.3 Å². The fourth-order valence-electron chi connectivity index (χ4n) is 3.22. The standard InChI is InChI=1S/C18H14ClFN2O4/c19-13-7-14(20)15(8-16(13)25-9-10-5-6-26-21-10)22-17(23)11-3-1-2-4-12(11)18(22)24/h5-8H,1-4,9H2. The van der Waals surface area contributed by atoms with Gasteiger partial charge in [-0.15, -0.1) is 0 Å². The number of anilines is 1. The molecule has 0 radical (unpaired) electrons. The molecule has 2 aromatic rings. The molecule has 0 fully saturated rings. The maximum absolute atomic E-state index is 14.5. The third-order valence-electron chi connectivity index (χ3n) is 4.50. The number of halogens is 2. The average molecular weight is 377 g/mol. The Balaban J connectivity index is 1.65. The van der Waals surface area contributed by atoms with Crippen LogP contribution in [-0.2, 0) is 16.2 Å². The van der Waals surface area contributed by atoms with Gasteiger partial charge >= 0.3 is 0 Å². The monoisotopic (exact) mass is 376 g/mol. The molecule has 8 heteroatoms. The van der Waals surface area contributed by atoms with Crippen LogP contribution in [0.4, 0.5) is 10.1 Å². The van der Waals surface area contributed by atoms with Crippen LogP contribution in [0.1, 0.15) is 31.4 Å². The summed E-state index contributed by atoms with van der Waals surface area (Å²) >= 11 is 6.04. The molecule has 0 bridgehead atoms. The first-order chi connectivity index (χ1) is 12.6. The minimum absolute atomic E-state index is 0.0339.